The molecule has 218 valence electrons. The zero-order valence-corrected chi connectivity index (χ0v) is 23.6. The molecule has 10 heteroatoms. The molecule has 0 bridgehead atoms. The fourth-order valence-corrected chi connectivity index (χ4v) is 5.32. The van der Waals surface area contributed by atoms with E-state index < -0.39 is 17.2 Å². The highest BCUT2D eigenvalue weighted by Gasteiger charge is 2.29. The summed E-state index contributed by atoms with van der Waals surface area (Å²) >= 11 is 0. The Balaban J connectivity index is 1.32. The quantitative estimate of drug-likeness (QED) is 0.262. The van der Waals surface area contributed by atoms with Crippen LogP contribution in [0.2, 0.25) is 0 Å². The van der Waals surface area contributed by atoms with E-state index in [9.17, 15) is 19.2 Å². The SMILES string of the molecule is CCOC(=O)c1cn(C2CC2)c2cc(N3CCN(C(=O)CCCCCCCCC(=O)OC)CC3)c(F)cc2c1=O. The number of carbonyl (C=O) groups is 3. The largest absolute Gasteiger partial charge is 0.469 e. The number of benzene rings is 1. The number of methoxy groups -OCH3 is 1. The van der Waals surface area contributed by atoms with E-state index in [1.807, 2.05) is 14.4 Å². The Morgan fingerprint density at radius 3 is 2.23 bits per heavy atom. The molecule has 1 saturated carbocycles. The smallest absolute Gasteiger partial charge is 0.343 e. The molecule has 0 atom stereocenters. The summed E-state index contributed by atoms with van der Waals surface area (Å²) in [6, 6.07) is 3.12. The van der Waals surface area contributed by atoms with Crippen LogP contribution in [0.15, 0.2) is 23.1 Å². The van der Waals surface area contributed by atoms with Gasteiger partial charge in [0.15, 0.2) is 0 Å². The van der Waals surface area contributed by atoms with Crippen molar-refractivity contribution >= 4 is 34.4 Å². The van der Waals surface area contributed by atoms with Gasteiger partial charge in [-0.1, -0.05) is 25.7 Å². The monoisotopic (exact) mass is 557 g/mol. The third kappa shape index (κ3) is 7.20. The van der Waals surface area contributed by atoms with E-state index in [2.05, 4.69) is 4.74 Å². The van der Waals surface area contributed by atoms with Gasteiger partial charge in [0.1, 0.15) is 11.4 Å². The molecule has 40 heavy (non-hydrogen) atoms. The number of hydrogen-bond acceptors (Lipinski definition) is 7. The highest BCUT2D eigenvalue weighted by atomic mass is 19.1. The lowest BCUT2D eigenvalue weighted by Gasteiger charge is -2.36. The van der Waals surface area contributed by atoms with Crippen LogP contribution in [0, 0.1) is 5.82 Å². The topological polar surface area (TPSA) is 98.2 Å². The number of anilines is 1. The average Bonchev–Trinajstić information content (AvgIpc) is 3.80. The minimum atomic E-state index is -0.690. The number of halogens is 1. The molecule has 2 heterocycles. The number of pyridine rings is 1. The number of ether oxygens (including phenoxy) is 2. The summed E-state index contributed by atoms with van der Waals surface area (Å²) in [7, 11) is 1.40. The van der Waals surface area contributed by atoms with Gasteiger partial charge in [-0.2, -0.15) is 0 Å². The zero-order chi connectivity index (χ0) is 28.6. The van der Waals surface area contributed by atoms with Crippen LogP contribution in [0.1, 0.15) is 87.5 Å². The lowest BCUT2D eigenvalue weighted by molar-refractivity contribution is -0.140. The Bertz CT molecular complexity index is 1280. The molecule has 1 aliphatic heterocycles. The van der Waals surface area contributed by atoms with Crippen LogP contribution in [0.3, 0.4) is 0 Å². The summed E-state index contributed by atoms with van der Waals surface area (Å²) in [5.74, 6) is -1.25. The molecule has 4 rings (SSSR count). The highest BCUT2D eigenvalue weighted by molar-refractivity contribution is 5.94. The number of fused-ring (bicyclic) bond motifs is 1. The molecule has 2 fully saturated rings. The second-order valence-electron chi connectivity index (χ2n) is 10.6. The summed E-state index contributed by atoms with van der Waals surface area (Å²) in [6.45, 7) is 3.87. The Morgan fingerprint density at radius 2 is 1.60 bits per heavy atom. The van der Waals surface area contributed by atoms with Gasteiger partial charge in [0.2, 0.25) is 11.3 Å². The molecule has 1 amide bonds. The van der Waals surface area contributed by atoms with Crippen LogP contribution in [-0.4, -0.2) is 67.2 Å². The number of piperazine rings is 1. The van der Waals surface area contributed by atoms with Gasteiger partial charge in [-0.3, -0.25) is 14.4 Å². The summed E-state index contributed by atoms with van der Waals surface area (Å²) in [4.78, 5) is 53.1. The third-order valence-corrected chi connectivity index (χ3v) is 7.76. The summed E-state index contributed by atoms with van der Waals surface area (Å²) in [5.41, 5.74) is 0.428. The van der Waals surface area contributed by atoms with Gasteiger partial charge in [-0.25, -0.2) is 9.18 Å². The van der Waals surface area contributed by atoms with Crippen molar-refractivity contribution in [1.82, 2.24) is 9.47 Å². The van der Waals surface area contributed by atoms with E-state index in [0.29, 0.717) is 50.2 Å². The lowest BCUT2D eigenvalue weighted by atomic mass is 10.1. The minimum Gasteiger partial charge on any atom is -0.469 e. The lowest BCUT2D eigenvalue weighted by Crippen LogP contribution is -2.49. The van der Waals surface area contributed by atoms with Gasteiger partial charge in [0.25, 0.3) is 0 Å². The van der Waals surface area contributed by atoms with Crippen molar-refractivity contribution in [2.75, 3.05) is 44.8 Å². The molecule has 9 nitrogen and oxygen atoms in total. The molecule has 0 N–H and O–H groups in total. The van der Waals surface area contributed by atoms with E-state index in [-0.39, 0.29) is 35.5 Å². The van der Waals surface area contributed by atoms with Gasteiger partial charge in [-0.15, -0.1) is 0 Å². The molecule has 0 radical (unpaired) electrons. The number of nitrogens with zero attached hydrogens (tertiary/aromatic N) is 3. The zero-order valence-electron chi connectivity index (χ0n) is 23.6. The molecule has 1 saturated heterocycles. The number of rotatable bonds is 13. The van der Waals surface area contributed by atoms with Crippen molar-refractivity contribution in [3.8, 4) is 0 Å². The molecular weight excluding hydrogens is 517 g/mol. The van der Waals surface area contributed by atoms with Crippen molar-refractivity contribution in [3.05, 3.63) is 39.9 Å². The Morgan fingerprint density at radius 1 is 0.950 bits per heavy atom. The highest BCUT2D eigenvalue weighted by Crippen LogP contribution is 2.38. The summed E-state index contributed by atoms with van der Waals surface area (Å²) < 4.78 is 26.9. The molecule has 2 aliphatic rings. The average molecular weight is 558 g/mol. The summed E-state index contributed by atoms with van der Waals surface area (Å²) in [5, 5.41) is 0.177. The fourth-order valence-electron chi connectivity index (χ4n) is 5.32. The maximum Gasteiger partial charge on any atom is 0.343 e. The van der Waals surface area contributed by atoms with Crippen LogP contribution < -0.4 is 10.3 Å². The number of aromatic nitrogens is 1. The first kappa shape index (κ1) is 29.6. The minimum absolute atomic E-state index is 0.0703. The maximum atomic E-state index is 15.3. The molecule has 1 aromatic heterocycles. The normalized spacial score (nSPS) is 15.4. The van der Waals surface area contributed by atoms with Crippen LogP contribution in [0.25, 0.3) is 10.9 Å². The van der Waals surface area contributed by atoms with Crippen LogP contribution in [0.4, 0.5) is 10.1 Å². The van der Waals surface area contributed by atoms with E-state index >= 15 is 4.39 Å². The van der Waals surface area contributed by atoms with Crippen molar-refractivity contribution in [1.29, 1.82) is 0 Å². The van der Waals surface area contributed by atoms with E-state index in [4.69, 9.17) is 4.74 Å². The van der Waals surface area contributed by atoms with Gasteiger partial charge >= 0.3 is 11.9 Å². The van der Waals surface area contributed by atoms with E-state index in [0.717, 1.165) is 51.4 Å². The standard InChI is InChI=1S/C30H40FN3O6/c1-3-40-30(38)23-20-34(21-12-13-21)25-19-26(24(31)18-22(25)29(23)37)32-14-16-33(17-15-32)27(35)10-8-6-4-5-7-9-11-28(36)39-2/h18-21H,3-17H2,1-2H3. The molecule has 0 unspecified atom stereocenters. The van der Waals surface area contributed by atoms with Gasteiger partial charge in [0.05, 0.1) is 24.9 Å². The number of carbonyl (C=O) groups excluding carboxylic acids is 3. The van der Waals surface area contributed by atoms with Crippen molar-refractivity contribution in [2.24, 2.45) is 0 Å². The predicted molar refractivity (Wildman–Crippen MR) is 150 cm³/mol. The van der Waals surface area contributed by atoms with Gasteiger partial charge in [0, 0.05) is 56.6 Å². The number of esters is 2. The molecule has 1 aliphatic carbocycles. The molecule has 0 spiro atoms. The number of unbranched alkanes of at least 4 members (excludes halogenated alkanes) is 5. The Kier molecular flexibility index (Phi) is 10.2. The molecule has 1 aromatic carbocycles. The summed E-state index contributed by atoms with van der Waals surface area (Å²) in [6.07, 6.45) is 10.1. The van der Waals surface area contributed by atoms with Crippen LogP contribution in [0.5, 0.6) is 0 Å². The van der Waals surface area contributed by atoms with Gasteiger partial charge in [-0.05, 0) is 44.7 Å². The molecule has 2 aromatic rings. The van der Waals surface area contributed by atoms with E-state index in [1.165, 1.54) is 13.2 Å². The third-order valence-electron chi connectivity index (χ3n) is 7.76. The Labute approximate surface area is 234 Å². The first-order valence-electron chi connectivity index (χ1n) is 14.5. The van der Waals surface area contributed by atoms with Crippen molar-refractivity contribution < 1.29 is 28.2 Å². The second-order valence-corrected chi connectivity index (χ2v) is 10.6. The van der Waals surface area contributed by atoms with Crippen LogP contribution in [-0.2, 0) is 19.1 Å². The predicted octanol–water partition coefficient (Wildman–Crippen LogP) is 4.59. The van der Waals surface area contributed by atoms with Crippen molar-refractivity contribution in [2.45, 2.75) is 77.2 Å². The molecular formula is C30H40FN3O6. The van der Waals surface area contributed by atoms with Crippen LogP contribution >= 0.6 is 0 Å². The first-order valence-corrected chi connectivity index (χ1v) is 14.5. The van der Waals surface area contributed by atoms with E-state index in [1.54, 1.807) is 19.2 Å². The Hall–Kier alpha value is -3.43. The second kappa shape index (κ2) is 13.8. The van der Waals surface area contributed by atoms with Crippen molar-refractivity contribution in [3.63, 3.8) is 0 Å². The number of hydrogen-bond donors (Lipinski definition) is 0. The fraction of sp³-hybridized carbons (Fsp3) is 0.600. The first-order chi connectivity index (χ1) is 19.3. The maximum absolute atomic E-state index is 15.3. The number of amides is 1. The van der Waals surface area contributed by atoms with Gasteiger partial charge < -0.3 is 23.8 Å².